The van der Waals surface area contributed by atoms with Crippen LogP contribution in [-0.4, -0.2) is 22.6 Å². The van der Waals surface area contributed by atoms with E-state index in [1.807, 2.05) is 20.8 Å². The average Bonchev–Trinajstić information content (AvgIpc) is 2.24. The van der Waals surface area contributed by atoms with Crippen LogP contribution in [0.1, 0.15) is 46.5 Å². The Morgan fingerprint density at radius 1 is 1.41 bits per heavy atom. The van der Waals surface area contributed by atoms with Gasteiger partial charge in [-0.25, -0.2) is 0 Å². The van der Waals surface area contributed by atoms with Crippen molar-refractivity contribution >= 4 is 17.7 Å². The summed E-state index contributed by atoms with van der Waals surface area (Å²) in [6, 6.07) is 2.35. The van der Waals surface area contributed by atoms with Crippen molar-refractivity contribution in [1.29, 1.82) is 5.26 Å². The molecule has 3 nitrogen and oxygen atoms in total. The molecule has 1 fully saturated rings. The van der Waals surface area contributed by atoms with Gasteiger partial charge in [0.1, 0.15) is 5.60 Å². The first-order valence-corrected chi connectivity index (χ1v) is 7.20. The van der Waals surface area contributed by atoms with Crippen LogP contribution in [0.5, 0.6) is 0 Å². The van der Waals surface area contributed by atoms with Gasteiger partial charge in [0.05, 0.1) is 17.7 Å². The van der Waals surface area contributed by atoms with Crippen LogP contribution in [0.2, 0.25) is 0 Å². The number of esters is 1. The molecule has 0 aromatic rings. The summed E-state index contributed by atoms with van der Waals surface area (Å²) in [4.78, 5) is 11.6. The number of carbonyl (C=O) groups is 1. The molecule has 0 aliphatic heterocycles. The van der Waals surface area contributed by atoms with Crippen LogP contribution in [0.15, 0.2) is 0 Å². The van der Waals surface area contributed by atoms with Gasteiger partial charge < -0.3 is 4.74 Å². The number of hydrogen-bond donors (Lipinski definition) is 0. The fraction of sp³-hybridized carbons (Fsp3) is 0.846. The molecular weight excluding hydrogens is 234 g/mol. The SMILES string of the molecule is CC(C)(C)OC(=O)CSC1CCCCC1C#N. The van der Waals surface area contributed by atoms with E-state index in [9.17, 15) is 4.79 Å². The lowest BCUT2D eigenvalue weighted by atomic mass is 9.90. The Balaban J connectivity index is 2.34. The standard InChI is InChI=1S/C13H21NO2S/c1-13(2,3)16-12(15)9-17-11-7-5-4-6-10(11)8-14/h10-11H,4-7,9H2,1-3H3. The van der Waals surface area contributed by atoms with E-state index in [4.69, 9.17) is 10.00 Å². The largest absolute Gasteiger partial charge is 0.459 e. The van der Waals surface area contributed by atoms with Crippen molar-refractivity contribution in [2.45, 2.75) is 57.3 Å². The number of rotatable bonds is 3. The lowest BCUT2D eigenvalue weighted by Crippen LogP contribution is -2.27. The van der Waals surface area contributed by atoms with Gasteiger partial charge in [0.25, 0.3) is 0 Å². The van der Waals surface area contributed by atoms with E-state index in [0.29, 0.717) is 11.0 Å². The summed E-state index contributed by atoms with van der Waals surface area (Å²) in [5, 5.41) is 9.34. The van der Waals surface area contributed by atoms with Crippen LogP contribution in [0, 0.1) is 17.2 Å². The molecule has 96 valence electrons. The van der Waals surface area contributed by atoms with Crippen LogP contribution in [0.3, 0.4) is 0 Å². The maximum absolute atomic E-state index is 11.6. The van der Waals surface area contributed by atoms with E-state index in [0.717, 1.165) is 19.3 Å². The molecule has 0 heterocycles. The molecule has 0 saturated heterocycles. The molecule has 2 atom stereocenters. The Hall–Kier alpha value is -0.690. The van der Waals surface area contributed by atoms with Crippen LogP contribution >= 0.6 is 11.8 Å². The molecular formula is C13H21NO2S. The minimum absolute atomic E-state index is 0.108. The van der Waals surface area contributed by atoms with Gasteiger partial charge in [-0.1, -0.05) is 12.8 Å². The van der Waals surface area contributed by atoms with Crippen molar-refractivity contribution in [3.63, 3.8) is 0 Å². The molecule has 0 spiro atoms. The van der Waals surface area contributed by atoms with Crippen molar-refractivity contribution in [3.8, 4) is 6.07 Å². The van der Waals surface area contributed by atoms with Gasteiger partial charge in [0.15, 0.2) is 0 Å². The third-order valence-electron chi connectivity index (χ3n) is 2.70. The molecule has 0 N–H and O–H groups in total. The second-order valence-corrected chi connectivity index (χ2v) is 6.68. The molecule has 0 bridgehead atoms. The van der Waals surface area contributed by atoms with Gasteiger partial charge in [-0.15, -0.1) is 11.8 Å². The van der Waals surface area contributed by atoms with Gasteiger partial charge in [0.2, 0.25) is 0 Å². The Bertz CT molecular complexity index is 304. The van der Waals surface area contributed by atoms with E-state index >= 15 is 0 Å². The molecule has 1 aliphatic carbocycles. The highest BCUT2D eigenvalue weighted by Gasteiger charge is 2.26. The van der Waals surface area contributed by atoms with Gasteiger partial charge >= 0.3 is 5.97 Å². The number of nitrogens with zero attached hydrogens (tertiary/aromatic N) is 1. The number of thioether (sulfide) groups is 1. The summed E-state index contributed by atoms with van der Waals surface area (Å²) in [6.45, 7) is 5.61. The van der Waals surface area contributed by atoms with Gasteiger partial charge in [-0.05, 0) is 33.6 Å². The van der Waals surface area contributed by atoms with Crippen LogP contribution in [0.25, 0.3) is 0 Å². The lowest BCUT2D eigenvalue weighted by Gasteiger charge is -2.26. The number of ether oxygens (including phenoxy) is 1. The van der Waals surface area contributed by atoms with Crippen LogP contribution in [0.4, 0.5) is 0 Å². The molecule has 0 aromatic heterocycles. The van der Waals surface area contributed by atoms with Crippen molar-refractivity contribution in [1.82, 2.24) is 0 Å². The molecule has 0 aromatic carbocycles. The van der Waals surface area contributed by atoms with Crippen LogP contribution < -0.4 is 0 Å². The third kappa shape index (κ3) is 5.45. The predicted molar refractivity (Wildman–Crippen MR) is 69.7 cm³/mol. The highest BCUT2D eigenvalue weighted by molar-refractivity contribution is 8.00. The summed E-state index contributed by atoms with van der Waals surface area (Å²) in [6.07, 6.45) is 4.33. The minimum Gasteiger partial charge on any atom is -0.459 e. The maximum atomic E-state index is 11.6. The number of nitriles is 1. The van der Waals surface area contributed by atoms with E-state index in [2.05, 4.69) is 6.07 Å². The monoisotopic (exact) mass is 255 g/mol. The fourth-order valence-electron chi connectivity index (χ4n) is 1.99. The average molecular weight is 255 g/mol. The Kier molecular flexibility index (Phi) is 5.32. The number of carbonyl (C=O) groups excluding carboxylic acids is 1. The van der Waals surface area contributed by atoms with Gasteiger partial charge in [-0.3, -0.25) is 4.79 Å². The first-order valence-electron chi connectivity index (χ1n) is 6.15. The van der Waals surface area contributed by atoms with Crippen molar-refractivity contribution in [2.24, 2.45) is 5.92 Å². The zero-order valence-electron chi connectivity index (χ0n) is 10.9. The van der Waals surface area contributed by atoms with Gasteiger partial charge in [-0.2, -0.15) is 5.26 Å². The van der Waals surface area contributed by atoms with Crippen molar-refractivity contribution in [3.05, 3.63) is 0 Å². The Morgan fingerprint density at radius 2 is 2.06 bits per heavy atom. The normalized spacial score (nSPS) is 25.1. The maximum Gasteiger partial charge on any atom is 0.316 e. The van der Waals surface area contributed by atoms with Crippen molar-refractivity contribution in [2.75, 3.05) is 5.75 Å². The third-order valence-corrected chi connectivity index (χ3v) is 4.10. The molecule has 0 amide bonds. The highest BCUT2D eigenvalue weighted by Crippen LogP contribution is 2.33. The second kappa shape index (κ2) is 6.30. The van der Waals surface area contributed by atoms with E-state index in [1.54, 1.807) is 11.8 Å². The highest BCUT2D eigenvalue weighted by atomic mass is 32.2. The topological polar surface area (TPSA) is 50.1 Å². The predicted octanol–water partition coefficient (Wildman–Crippen LogP) is 3.14. The molecule has 0 radical (unpaired) electrons. The molecule has 1 rings (SSSR count). The lowest BCUT2D eigenvalue weighted by molar-refractivity contribution is -0.151. The Morgan fingerprint density at radius 3 is 2.65 bits per heavy atom. The summed E-state index contributed by atoms with van der Waals surface area (Å²) in [5.41, 5.74) is -0.418. The first-order chi connectivity index (χ1) is 7.92. The van der Waals surface area contributed by atoms with Gasteiger partial charge in [0, 0.05) is 5.25 Å². The quantitative estimate of drug-likeness (QED) is 0.727. The van der Waals surface area contributed by atoms with Crippen LogP contribution in [-0.2, 0) is 9.53 Å². The number of hydrogen-bond acceptors (Lipinski definition) is 4. The Labute approximate surface area is 108 Å². The summed E-state index contributed by atoms with van der Waals surface area (Å²) < 4.78 is 5.25. The fourth-order valence-corrected chi connectivity index (χ4v) is 3.16. The van der Waals surface area contributed by atoms with E-state index in [-0.39, 0.29) is 11.9 Å². The first kappa shape index (κ1) is 14.4. The molecule has 17 heavy (non-hydrogen) atoms. The zero-order valence-corrected chi connectivity index (χ0v) is 11.7. The van der Waals surface area contributed by atoms with E-state index < -0.39 is 5.60 Å². The molecule has 1 saturated carbocycles. The second-order valence-electron chi connectivity index (χ2n) is 5.46. The van der Waals surface area contributed by atoms with Crippen molar-refractivity contribution < 1.29 is 9.53 Å². The van der Waals surface area contributed by atoms with E-state index in [1.165, 1.54) is 6.42 Å². The summed E-state index contributed by atoms with van der Waals surface area (Å²) >= 11 is 1.58. The zero-order chi connectivity index (χ0) is 12.9. The summed E-state index contributed by atoms with van der Waals surface area (Å²) in [7, 11) is 0. The molecule has 1 aliphatic rings. The molecule has 4 heteroatoms. The minimum atomic E-state index is -0.418. The summed E-state index contributed by atoms with van der Waals surface area (Å²) in [5.74, 6) is 0.293. The smallest absolute Gasteiger partial charge is 0.316 e. The molecule has 2 unspecified atom stereocenters.